The van der Waals surface area contributed by atoms with Crippen LogP contribution in [0.25, 0.3) is 0 Å². The maximum Gasteiger partial charge on any atom is 0.329 e. The molecule has 1 aliphatic heterocycles. The lowest BCUT2D eigenvalue weighted by Crippen LogP contribution is -2.60. The highest BCUT2D eigenvalue weighted by molar-refractivity contribution is 5.86. The molecule has 6 nitrogen and oxygen atoms in total. The fourth-order valence-electron chi connectivity index (χ4n) is 3.12. The minimum Gasteiger partial charge on any atom is -0.480 e. The largest absolute Gasteiger partial charge is 0.480 e. The van der Waals surface area contributed by atoms with Gasteiger partial charge < -0.3 is 20.5 Å². The van der Waals surface area contributed by atoms with Crippen LogP contribution in [-0.2, 0) is 9.53 Å². The molecule has 1 saturated carbocycles. The molecule has 0 aromatic rings. The van der Waals surface area contributed by atoms with Gasteiger partial charge in [-0.2, -0.15) is 0 Å². The summed E-state index contributed by atoms with van der Waals surface area (Å²) in [5.74, 6) is 0.160. The highest BCUT2D eigenvalue weighted by Gasteiger charge is 2.41. The zero-order valence-corrected chi connectivity index (χ0v) is 12.0. The van der Waals surface area contributed by atoms with Crippen molar-refractivity contribution >= 4 is 12.0 Å². The summed E-state index contributed by atoms with van der Waals surface area (Å²) >= 11 is 0. The molecule has 1 heterocycles. The first kappa shape index (κ1) is 15.1. The first-order valence-corrected chi connectivity index (χ1v) is 7.41. The number of carboxylic acid groups (broad SMARTS) is 1. The van der Waals surface area contributed by atoms with E-state index >= 15 is 0 Å². The SMILES string of the molecule is CC1CCCC1CNC(=O)NC1(C(=O)O)CCOCC1. The van der Waals surface area contributed by atoms with E-state index < -0.39 is 11.5 Å². The van der Waals surface area contributed by atoms with Crippen LogP contribution in [0, 0.1) is 11.8 Å². The molecule has 0 bridgehead atoms. The molecule has 2 unspecified atom stereocenters. The van der Waals surface area contributed by atoms with Gasteiger partial charge in [-0.15, -0.1) is 0 Å². The molecular formula is C14H24N2O4. The highest BCUT2D eigenvalue weighted by Crippen LogP contribution is 2.30. The predicted molar refractivity (Wildman–Crippen MR) is 73.5 cm³/mol. The molecular weight excluding hydrogens is 260 g/mol. The van der Waals surface area contributed by atoms with Gasteiger partial charge in [0.25, 0.3) is 0 Å². The molecule has 2 atom stereocenters. The van der Waals surface area contributed by atoms with E-state index in [-0.39, 0.29) is 6.03 Å². The smallest absolute Gasteiger partial charge is 0.329 e. The molecule has 20 heavy (non-hydrogen) atoms. The van der Waals surface area contributed by atoms with Crippen molar-refractivity contribution in [3.63, 3.8) is 0 Å². The van der Waals surface area contributed by atoms with Crippen LogP contribution in [0.3, 0.4) is 0 Å². The summed E-state index contributed by atoms with van der Waals surface area (Å²) in [6, 6.07) is -0.381. The van der Waals surface area contributed by atoms with Gasteiger partial charge in [0.1, 0.15) is 5.54 Å². The lowest BCUT2D eigenvalue weighted by molar-refractivity contribution is -0.148. The standard InChI is InChI=1S/C14H24N2O4/c1-10-3-2-4-11(10)9-15-13(19)16-14(12(17)18)5-7-20-8-6-14/h10-11H,2-9H2,1H3,(H,17,18)(H2,15,16,19). The molecule has 0 radical (unpaired) electrons. The Balaban J connectivity index is 1.84. The summed E-state index contributed by atoms with van der Waals surface area (Å²) in [5, 5.41) is 14.8. The lowest BCUT2D eigenvalue weighted by atomic mass is 9.90. The Morgan fingerprint density at radius 1 is 1.30 bits per heavy atom. The van der Waals surface area contributed by atoms with E-state index in [0.29, 0.717) is 44.4 Å². The van der Waals surface area contributed by atoms with Crippen LogP contribution in [-0.4, -0.2) is 42.4 Å². The van der Waals surface area contributed by atoms with Crippen LogP contribution in [0.5, 0.6) is 0 Å². The Labute approximate surface area is 119 Å². The van der Waals surface area contributed by atoms with Crippen LogP contribution in [0.15, 0.2) is 0 Å². The van der Waals surface area contributed by atoms with Gasteiger partial charge >= 0.3 is 12.0 Å². The topological polar surface area (TPSA) is 87.7 Å². The quantitative estimate of drug-likeness (QED) is 0.727. The van der Waals surface area contributed by atoms with Crippen LogP contribution in [0.1, 0.15) is 39.0 Å². The molecule has 2 amide bonds. The summed E-state index contributed by atoms with van der Waals surface area (Å²) in [6.45, 7) is 3.56. The van der Waals surface area contributed by atoms with E-state index in [9.17, 15) is 14.7 Å². The molecule has 0 aromatic heterocycles. The Morgan fingerprint density at radius 2 is 2.00 bits per heavy atom. The van der Waals surface area contributed by atoms with Crippen molar-refractivity contribution in [2.45, 2.75) is 44.6 Å². The number of nitrogens with one attached hydrogen (secondary N) is 2. The third-order valence-electron chi connectivity index (χ3n) is 4.67. The maximum absolute atomic E-state index is 12.0. The number of hydrogen-bond acceptors (Lipinski definition) is 3. The van der Waals surface area contributed by atoms with Crippen molar-refractivity contribution in [3.05, 3.63) is 0 Å². The van der Waals surface area contributed by atoms with Crippen LogP contribution in [0.2, 0.25) is 0 Å². The molecule has 3 N–H and O–H groups in total. The van der Waals surface area contributed by atoms with Crippen LogP contribution < -0.4 is 10.6 Å². The fraction of sp³-hybridized carbons (Fsp3) is 0.857. The number of carbonyl (C=O) groups excluding carboxylic acids is 1. The summed E-state index contributed by atoms with van der Waals surface area (Å²) < 4.78 is 5.18. The van der Waals surface area contributed by atoms with Crippen molar-refractivity contribution < 1.29 is 19.4 Å². The second kappa shape index (κ2) is 6.43. The van der Waals surface area contributed by atoms with Gasteiger partial charge in [-0.05, 0) is 18.3 Å². The van der Waals surface area contributed by atoms with E-state index in [0.717, 1.165) is 6.42 Å². The zero-order chi connectivity index (χ0) is 14.6. The number of hydrogen-bond donors (Lipinski definition) is 3. The molecule has 0 spiro atoms. The Morgan fingerprint density at radius 3 is 2.55 bits per heavy atom. The minimum absolute atomic E-state index is 0.315. The van der Waals surface area contributed by atoms with Crippen LogP contribution >= 0.6 is 0 Å². The summed E-state index contributed by atoms with van der Waals surface area (Å²) in [7, 11) is 0. The molecule has 1 aliphatic carbocycles. The van der Waals surface area contributed by atoms with Gasteiger partial charge in [0.05, 0.1) is 0 Å². The number of rotatable bonds is 4. The monoisotopic (exact) mass is 284 g/mol. The molecule has 2 aliphatic rings. The number of urea groups is 1. The van der Waals surface area contributed by atoms with E-state index in [1.54, 1.807) is 0 Å². The van der Waals surface area contributed by atoms with Crippen molar-refractivity contribution in [1.29, 1.82) is 0 Å². The van der Waals surface area contributed by atoms with Gasteiger partial charge in [0.15, 0.2) is 0 Å². The predicted octanol–water partition coefficient (Wildman–Crippen LogP) is 1.36. The minimum atomic E-state index is -1.18. The number of amides is 2. The maximum atomic E-state index is 12.0. The van der Waals surface area contributed by atoms with E-state index in [1.165, 1.54) is 12.8 Å². The van der Waals surface area contributed by atoms with Crippen LogP contribution in [0.4, 0.5) is 4.79 Å². The van der Waals surface area contributed by atoms with E-state index in [2.05, 4.69) is 17.6 Å². The average Bonchev–Trinajstić information content (AvgIpc) is 2.83. The third-order valence-corrected chi connectivity index (χ3v) is 4.67. The second-order valence-corrected chi connectivity index (χ2v) is 6.00. The first-order valence-electron chi connectivity index (χ1n) is 7.41. The molecule has 2 fully saturated rings. The second-order valence-electron chi connectivity index (χ2n) is 6.00. The Hall–Kier alpha value is -1.30. The number of carboxylic acids is 1. The van der Waals surface area contributed by atoms with Gasteiger partial charge in [-0.25, -0.2) is 9.59 Å². The summed E-state index contributed by atoms with van der Waals surface area (Å²) in [6.07, 6.45) is 4.19. The summed E-state index contributed by atoms with van der Waals surface area (Å²) in [4.78, 5) is 23.4. The van der Waals surface area contributed by atoms with Crippen molar-refractivity contribution in [3.8, 4) is 0 Å². The Bertz CT molecular complexity index is 366. The molecule has 0 aromatic carbocycles. The highest BCUT2D eigenvalue weighted by atomic mass is 16.5. The molecule has 6 heteroatoms. The molecule has 2 rings (SSSR count). The van der Waals surface area contributed by atoms with E-state index in [1.807, 2.05) is 0 Å². The van der Waals surface area contributed by atoms with Crippen molar-refractivity contribution in [2.24, 2.45) is 11.8 Å². The van der Waals surface area contributed by atoms with Crippen molar-refractivity contribution in [1.82, 2.24) is 10.6 Å². The van der Waals surface area contributed by atoms with Gasteiger partial charge in [-0.3, -0.25) is 0 Å². The van der Waals surface area contributed by atoms with E-state index in [4.69, 9.17) is 4.74 Å². The number of ether oxygens (including phenoxy) is 1. The zero-order valence-electron chi connectivity index (χ0n) is 12.0. The number of carbonyl (C=O) groups is 2. The molecule has 114 valence electrons. The lowest BCUT2D eigenvalue weighted by Gasteiger charge is -2.34. The fourth-order valence-corrected chi connectivity index (χ4v) is 3.12. The average molecular weight is 284 g/mol. The van der Waals surface area contributed by atoms with Gasteiger partial charge in [0.2, 0.25) is 0 Å². The Kier molecular flexibility index (Phi) is 4.86. The number of aliphatic carboxylic acids is 1. The molecule has 1 saturated heterocycles. The van der Waals surface area contributed by atoms with Crippen molar-refractivity contribution in [2.75, 3.05) is 19.8 Å². The third kappa shape index (κ3) is 3.42. The first-order chi connectivity index (χ1) is 9.53. The van der Waals surface area contributed by atoms with Gasteiger partial charge in [-0.1, -0.05) is 19.8 Å². The van der Waals surface area contributed by atoms with Gasteiger partial charge in [0, 0.05) is 32.6 Å². The summed E-state index contributed by atoms with van der Waals surface area (Å²) in [5.41, 5.74) is -1.18. The normalized spacial score (nSPS) is 28.9.